The van der Waals surface area contributed by atoms with Crippen LogP contribution in [0.2, 0.25) is 0 Å². The van der Waals surface area contributed by atoms with Crippen molar-refractivity contribution >= 4 is 12.1 Å². The van der Waals surface area contributed by atoms with E-state index in [2.05, 4.69) is 27.6 Å². The minimum absolute atomic E-state index is 0.122. The molecule has 0 bridgehead atoms. The number of amides is 1. The number of nitrogens with one attached hydrogen (secondary N) is 2. The highest BCUT2D eigenvalue weighted by molar-refractivity contribution is 5.79. The lowest BCUT2D eigenvalue weighted by Gasteiger charge is -2.07. The van der Waals surface area contributed by atoms with Gasteiger partial charge in [0.25, 0.3) is 0 Å². The maximum Gasteiger partial charge on any atom is 0.412 e. The maximum absolute atomic E-state index is 10.5. The smallest absolute Gasteiger partial charge is 0.412 e. The lowest BCUT2D eigenvalue weighted by Crippen LogP contribution is -2.17. The molecule has 28 heavy (non-hydrogen) atoms. The third-order valence-corrected chi connectivity index (χ3v) is 4.54. The molecule has 1 fully saturated rings. The minimum atomic E-state index is -1.23. The van der Waals surface area contributed by atoms with Gasteiger partial charge in [-0.3, -0.25) is 0 Å². The molecule has 0 saturated heterocycles. The number of carbonyl (C=O) groups is 1. The van der Waals surface area contributed by atoms with Gasteiger partial charge in [0.15, 0.2) is 0 Å². The summed E-state index contributed by atoms with van der Waals surface area (Å²) < 4.78 is 11.0. The molecule has 0 unspecified atom stereocenters. The summed E-state index contributed by atoms with van der Waals surface area (Å²) in [5, 5.41) is 21.4. The second-order valence-corrected chi connectivity index (χ2v) is 6.60. The molecule has 0 aliphatic heterocycles. The third-order valence-electron chi connectivity index (χ3n) is 4.54. The van der Waals surface area contributed by atoms with E-state index in [1.165, 1.54) is 5.56 Å². The van der Waals surface area contributed by atoms with Crippen molar-refractivity contribution in [2.45, 2.75) is 31.5 Å². The topological polar surface area (TPSA) is 110 Å². The van der Waals surface area contributed by atoms with E-state index in [9.17, 15) is 4.79 Å². The van der Waals surface area contributed by atoms with Gasteiger partial charge >= 0.3 is 12.1 Å². The Morgan fingerprint density at radius 3 is 2.68 bits per heavy atom. The summed E-state index contributed by atoms with van der Waals surface area (Å²) in [6, 6.07) is 18.5. The van der Waals surface area contributed by atoms with Crippen molar-refractivity contribution in [3.63, 3.8) is 0 Å². The SMILES string of the molecule is O=C(O)Nc1nnc(CN[C@@H]2C[C@H]2c2ccc(OCc3ccccc3)cc2)o1. The molecule has 8 heteroatoms. The van der Waals surface area contributed by atoms with E-state index in [0.717, 1.165) is 17.7 Å². The molecule has 1 heterocycles. The van der Waals surface area contributed by atoms with E-state index in [1.54, 1.807) is 0 Å². The third kappa shape index (κ3) is 4.66. The van der Waals surface area contributed by atoms with Crippen molar-refractivity contribution in [1.82, 2.24) is 15.5 Å². The first-order valence-corrected chi connectivity index (χ1v) is 9.00. The quantitative estimate of drug-likeness (QED) is 0.549. The van der Waals surface area contributed by atoms with Crippen LogP contribution in [-0.2, 0) is 13.2 Å². The molecule has 4 rings (SSSR count). The summed E-state index contributed by atoms with van der Waals surface area (Å²) in [6.07, 6.45) is -0.208. The molecule has 1 aromatic heterocycles. The van der Waals surface area contributed by atoms with Gasteiger partial charge in [-0.25, -0.2) is 10.1 Å². The van der Waals surface area contributed by atoms with E-state index in [0.29, 0.717) is 31.0 Å². The van der Waals surface area contributed by atoms with Crippen LogP contribution in [0.5, 0.6) is 5.75 Å². The van der Waals surface area contributed by atoms with Gasteiger partial charge < -0.3 is 19.6 Å². The number of aromatic nitrogens is 2. The molecule has 3 N–H and O–H groups in total. The van der Waals surface area contributed by atoms with Crippen molar-refractivity contribution in [2.24, 2.45) is 0 Å². The lowest BCUT2D eigenvalue weighted by molar-refractivity contribution is 0.209. The number of carboxylic acid groups (broad SMARTS) is 1. The largest absolute Gasteiger partial charge is 0.489 e. The van der Waals surface area contributed by atoms with Gasteiger partial charge in [0.2, 0.25) is 5.89 Å². The minimum Gasteiger partial charge on any atom is -0.489 e. The zero-order chi connectivity index (χ0) is 19.3. The predicted octanol–water partition coefficient (Wildman–Crippen LogP) is 3.38. The first-order chi connectivity index (χ1) is 13.7. The molecular formula is C20H20N4O4. The van der Waals surface area contributed by atoms with E-state index in [4.69, 9.17) is 14.3 Å². The van der Waals surface area contributed by atoms with Crippen molar-refractivity contribution in [2.75, 3.05) is 5.32 Å². The average molecular weight is 380 g/mol. The first-order valence-electron chi connectivity index (χ1n) is 9.00. The Balaban J connectivity index is 1.23. The molecule has 2 aromatic carbocycles. The number of hydrogen-bond acceptors (Lipinski definition) is 6. The van der Waals surface area contributed by atoms with Crippen LogP contribution in [0.3, 0.4) is 0 Å². The molecule has 1 aliphatic rings. The lowest BCUT2D eigenvalue weighted by atomic mass is 10.1. The van der Waals surface area contributed by atoms with Crippen molar-refractivity contribution in [1.29, 1.82) is 0 Å². The molecule has 1 amide bonds. The molecule has 1 saturated carbocycles. The van der Waals surface area contributed by atoms with E-state index in [-0.39, 0.29) is 6.01 Å². The van der Waals surface area contributed by atoms with Crippen LogP contribution in [0.4, 0.5) is 10.8 Å². The van der Waals surface area contributed by atoms with Crippen molar-refractivity contribution in [3.8, 4) is 5.75 Å². The van der Waals surface area contributed by atoms with Gasteiger partial charge in [-0.15, -0.1) is 5.10 Å². The zero-order valence-electron chi connectivity index (χ0n) is 15.0. The Kier molecular flexibility index (Phi) is 5.20. The van der Waals surface area contributed by atoms with Gasteiger partial charge in [0, 0.05) is 12.0 Å². The number of nitrogens with zero attached hydrogens (tertiary/aromatic N) is 2. The van der Waals surface area contributed by atoms with E-state index < -0.39 is 6.09 Å². The number of rotatable bonds is 8. The molecule has 0 spiro atoms. The van der Waals surface area contributed by atoms with E-state index >= 15 is 0 Å². The fourth-order valence-corrected chi connectivity index (χ4v) is 3.03. The Labute approximate surface area is 161 Å². The molecule has 1 aliphatic carbocycles. The van der Waals surface area contributed by atoms with Crippen molar-refractivity contribution in [3.05, 3.63) is 71.6 Å². The number of hydrogen-bond donors (Lipinski definition) is 3. The number of ether oxygens (including phenoxy) is 1. The van der Waals surface area contributed by atoms with Crippen molar-refractivity contribution < 1.29 is 19.1 Å². The summed E-state index contributed by atoms with van der Waals surface area (Å²) >= 11 is 0. The highest BCUT2D eigenvalue weighted by atomic mass is 16.5. The van der Waals surface area contributed by atoms with Gasteiger partial charge in [-0.05, 0) is 29.7 Å². The van der Waals surface area contributed by atoms with Gasteiger partial charge in [0.1, 0.15) is 12.4 Å². The normalized spacial score (nSPS) is 17.9. The summed E-state index contributed by atoms with van der Waals surface area (Å²) in [5.41, 5.74) is 2.39. The van der Waals surface area contributed by atoms with Crippen LogP contribution in [0.15, 0.2) is 59.0 Å². The second-order valence-electron chi connectivity index (χ2n) is 6.60. The van der Waals surface area contributed by atoms with Crippen LogP contribution in [-0.4, -0.2) is 27.4 Å². The van der Waals surface area contributed by atoms with Crippen LogP contribution in [0, 0.1) is 0 Å². The molecule has 0 radical (unpaired) electrons. The van der Waals surface area contributed by atoms with Gasteiger partial charge in [0.05, 0.1) is 6.54 Å². The number of benzene rings is 2. The van der Waals surface area contributed by atoms with Crippen LogP contribution >= 0.6 is 0 Å². The monoisotopic (exact) mass is 380 g/mol. The Hall–Kier alpha value is -3.39. The standard InChI is InChI=1S/C20H20N4O4/c25-20(26)22-19-24-23-18(28-19)11-21-17-10-16(17)14-6-8-15(9-7-14)27-12-13-4-2-1-3-5-13/h1-9,16-17,21H,10-12H2,(H,22,24)(H,25,26)/t16-,17+/m0/s1. The Morgan fingerprint density at radius 2 is 1.93 bits per heavy atom. The molecule has 3 aromatic rings. The Bertz CT molecular complexity index is 927. The summed E-state index contributed by atoms with van der Waals surface area (Å²) in [7, 11) is 0. The van der Waals surface area contributed by atoms with E-state index in [1.807, 2.05) is 47.8 Å². The highest BCUT2D eigenvalue weighted by Crippen LogP contribution is 2.41. The fraction of sp³-hybridized carbons (Fsp3) is 0.250. The maximum atomic E-state index is 10.5. The Morgan fingerprint density at radius 1 is 1.14 bits per heavy atom. The fourth-order valence-electron chi connectivity index (χ4n) is 3.03. The zero-order valence-corrected chi connectivity index (χ0v) is 15.0. The molecular weight excluding hydrogens is 360 g/mol. The molecule has 144 valence electrons. The number of anilines is 1. The summed E-state index contributed by atoms with van der Waals surface area (Å²) in [6.45, 7) is 0.949. The average Bonchev–Trinajstić information content (AvgIpc) is 3.36. The first kappa shape index (κ1) is 18.0. The van der Waals surface area contributed by atoms with Crippen LogP contribution < -0.4 is 15.4 Å². The predicted molar refractivity (Wildman–Crippen MR) is 101 cm³/mol. The molecule has 8 nitrogen and oxygen atoms in total. The van der Waals surface area contributed by atoms with Gasteiger partial charge in [-0.2, -0.15) is 0 Å². The summed E-state index contributed by atoms with van der Waals surface area (Å²) in [4.78, 5) is 10.5. The highest BCUT2D eigenvalue weighted by Gasteiger charge is 2.38. The van der Waals surface area contributed by atoms with Gasteiger partial charge in [-0.1, -0.05) is 47.6 Å². The summed E-state index contributed by atoms with van der Waals surface area (Å²) in [5.74, 6) is 1.63. The van der Waals surface area contributed by atoms with Crippen LogP contribution in [0.1, 0.15) is 29.4 Å². The van der Waals surface area contributed by atoms with Crippen LogP contribution in [0.25, 0.3) is 0 Å². The molecule has 2 atom stereocenters. The second kappa shape index (κ2) is 8.10.